The Morgan fingerprint density at radius 1 is 1.00 bits per heavy atom. The van der Waals surface area contributed by atoms with Crippen molar-refractivity contribution in [1.29, 1.82) is 0 Å². The topological polar surface area (TPSA) is 136 Å². The number of aliphatic carboxylic acids is 1. The summed E-state index contributed by atoms with van der Waals surface area (Å²) < 4.78 is 39.2. The monoisotopic (exact) mass is 544 g/mol. The van der Waals surface area contributed by atoms with Gasteiger partial charge in [-0.1, -0.05) is 41.6 Å². The normalized spacial score (nSPS) is 11.2. The van der Waals surface area contributed by atoms with Crippen molar-refractivity contribution in [2.75, 3.05) is 6.61 Å². The molecule has 194 valence electrons. The first-order chi connectivity index (χ1) is 17.2. The molecule has 0 aliphatic carbocycles. The number of hydrogen-bond donors (Lipinski definition) is 1. The molecule has 4 aromatic rings. The summed E-state index contributed by atoms with van der Waals surface area (Å²) in [5.41, 5.74) is 2.46. The summed E-state index contributed by atoms with van der Waals surface area (Å²) in [6, 6.07) is 15.7. The van der Waals surface area contributed by atoms with Gasteiger partial charge >= 0.3 is 5.97 Å². The van der Waals surface area contributed by atoms with Crippen LogP contribution in [-0.4, -0.2) is 45.5 Å². The van der Waals surface area contributed by atoms with Crippen LogP contribution < -0.4 is 4.74 Å². The fourth-order valence-electron chi connectivity index (χ4n) is 3.69. The number of carbonyl (C=O) groups is 1. The first-order valence-electron chi connectivity index (χ1n) is 11.0. The molecule has 12 heteroatoms. The fraction of sp³-hybridized carbons (Fsp3) is 0.200. The minimum Gasteiger partial charge on any atom is -0.482 e. The van der Waals surface area contributed by atoms with Crippen molar-refractivity contribution < 1.29 is 27.6 Å². The van der Waals surface area contributed by atoms with Crippen LogP contribution in [0.4, 0.5) is 0 Å². The molecule has 1 N–H and O–H groups in total. The van der Waals surface area contributed by atoms with Crippen molar-refractivity contribution in [1.82, 2.24) is 19.4 Å². The molecule has 37 heavy (non-hydrogen) atoms. The minimum absolute atomic E-state index is 0. The number of carboxylic acid groups (broad SMARTS) is 1. The zero-order valence-corrected chi connectivity index (χ0v) is 21.7. The molecule has 0 aliphatic rings. The molecule has 0 aliphatic heterocycles. The summed E-state index contributed by atoms with van der Waals surface area (Å²) >= 11 is 0. The van der Waals surface area contributed by atoms with Gasteiger partial charge in [-0.25, -0.2) is 23.2 Å². The van der Waals surface area contributed by atoms with E-state index in [4.69, 9.17) is 14.4 Å². The van der Waals surface area contributed by atoms with Gasteiger partial charge in [0.25, 0.3) is 0 Å². The summed E-state index contributed by atoms with van der Waals surface area (Å²) in [7, 11) is -4.00. The molecule has 0 saturated heterocycles. The SMILES string of the molecule is Cc1noc(C)c1S(=O)(=O)N(Cc1ccc(-c2ncccn2)cc1)Cc1cccc(OCC(=O)O)c1.Cl. The third-order valence-electron chi connectivity index (χ3n) is 5.32. The van der Waals surface area contributed by atoms with E-state index < -0.39 is 22.6 Å². The maximum Gasteiger partial charge on any atom is 0.341 e. The summed E-state index contributed by atoms with van der Waals surface area (Å²) in [6.07, 6.45) is 3.31. The lowest BCUT2D eigenvalue weighted by Crippen LogP contribution is -2.31. The van der Waals surface area contributed by atoms with E-state index in [2.05, 4.69) is 15.1 Å². The van der Waals surface area contributed by atoms with E-state index in [1.54, 1.807) is 56.6 Å². The molecule has 0 bridgehead atoms. The van der Waals surface area contributed by atoms with E-state index in [0.29, 0.717) is 17.1 Å². The quantitative estimate of drug-likeness (QED) is 0.314. The number of hydrogen-bond acceptors (Lipinski definition) is 8. The van der Waals surface area contributed by atoms with Crippen LogP contribution in [-0.2, 0) is 27.9 Å². The molecule has 0 saturated carbocycles. The third kappa shape index (κ3) is 6.70. The molecular formula is C25H25ClN4O6S. The Hall–Kier alpha value is -3.80. The summed E-state index contributed by atoms with van der Waals surface area (Å²) in [5.74, 6) is -0.000734. The number of aromatic nitrogens is 3. The van der Waals surface area contributed by atoms with Crippen LogP contribution in [0.1, 0.15) is 22.6 Å². The highest BCUT2D eigenvalue weighted by atomic mass is 35.5. The molecule has 2 aromatic carbocycles. The van der Waals surface area contributed by atoms with Gasteiger partial charge in [0.15, 0.2) is 18.2 Å². The van der Waals surface area contributed by atoms with Crippen LogP contribution in [0, 0.1) is 13.8 Å². The van der Waals surface area contributed by atoms with Crippen molar-refractivity contribution >= 4 is 28.4 Å². The molecule has 0 atom stereocenters. The molecule has 10 nitrogen and oxygen atoms in total. The van der Waals surface area contributed by atoms with Gasteiger partial charge in [-0.05, 0) is 43.2 Å². The van der Waals surface area contributed by atoms with Crippen LogP contribution in [0.3, 0.4) is 0 Å². The fourth-order valence-corrected chi connectivity index (χ4v) is 5.40. The van der Waals surface area contributed by atoms with Gasteiger partial charge in [-0.2, -0.15) is 4.31 Å². The van der Waals surface area contributed by atoms with E-state index in [1.165, 1.54) is 4.31 Å². The highest BCUT2D eigenvalue weighted by molar-refractivity contribution is 7.89. The smallest absolute Gasteiger partial charge is 0.341 e. The molecule has 0 spiro atoms. The van der Waals surface area contributed by atoms with E-state index in [0.717, 1.165) is 11.1 Å². The Bertz CT molecular complexity index is 1440. The van der Waals surface area contributed by atoms with Crippen molar-refractivity contribution in [3.8, 4) is 17.1 Å². The van der Waals surface area contributed by atoms with E-state index in [1.807, 2.05) is 24.3 Å². The maximum absolute atomic E-state index is 13.7. The standard InChI is InChI=1S/C25H24N4O6S.ClH/c1-17-24(18(2)35-28-17)36(32,33)29(15-20-5-3-6-22(13-20)34-16-23(30)31)14-19-7-9-21(10-8-19)25-26-11-4-12-27-25;/h3-13H,14-16H2,1-2H3,(H,30,31);1H. The van der Waals surface area contributed by atoms with Crippen LogP contribution >= 0.6 is 12.4 Å². The molecule has 2 aromatic heterocycles. The number of nitrogens with zero attached hydrogens (tertiary/aromatic N) is 4. The first-order valence-corrected chi connectivity index (χ1v) is 12.4. The predicted octanol–water partition coefficient (Wildman–Crippen LogP) is 4.02. The van der Waals surface area contributed by atoms with Gasteiger partial charge in [0.1, 0.15) is 16.3 Å². The molecule has 0 amide bonds. The van der Waals surface area contributed by atoms with Gasteiger partial charge in [-0.15, -0.1) is 12.4 Å². The van der Waals surface area contributed by atoms with E-state index in [-0.39, 0.29) is 41.8 Å². The third-order valence-corrected chi connectivity index (χ3v) is 7.36. The molecular weight excluding hydrogens is 520 g/mol. The molecule has 0 unspecified atom stereocenters. The Kier molecular flexibility index (Phi) is 8.98. The zero-order valence-electron chi connectivity index (χ0n) is 20.1. The summed E-state index contributed by atoms with van der Waals surface area (Å²) in [5, 5.41) is 12.7. The number of rotatable bonds is 10. The molecule has 0 fully saturated rings. The van der Waals surface area contributed by atoms with Crippen LogP contribution in [0.25, 0.3) is 11.4 Å². The van der Waals surface area contributed by atoms with Crippen LogP contribution in [0.2, 0.25) is 0 Å². The van der Waals surface area contributed by atoms with Gasteiger partial charge in [0.2, 0.25) is 10.0 Å². The lowest BCUT2D eigenvalue weighted by atomic mass is 10.1. The summed E-state index contributed by atoms with van der Waals surface area (Å²) in [4.78, 5) is 19.3. The molecule has 0 radical (unpaired) electrons. The first kappa shape index (κ1) is 27.8. The second kappa shape index (κ2) is 12.0. The van der Waals surface area contributed by atoms with Gasteiger partial charge in [0, 0.05) is 31.0 Å². The second-order valence-electron chi connectivity index (χ2n) is 8.03. The largest absolute Gasteiger partial charge is 0.482 e. The van der Waals surface area contributed by atoms with Crippen LogP contribution in [0.5, 0.6) is 5.75 Å². The number of benzene rings is 2. The van der Waals surface area contributed by atoms with E-state index >= 15 is 0 Å². The average molecular weight is 545 g/mol. The number of halogens is 1. The average Bonchev–Trinajstić information content (AvgIpc) is 3.22. The van der Waals surface area contributed by atoms with Crippen molar-refractivity contribution in [3.05, 3.63) is 89.6 Å². The zero-order chi connectivity index (χ0) is 25.7. The molecule has 4 rings (SSSR count). The van der Waals surface area contributed by atoms with Crippen LogP contribution in [0.15, 0.2) is 76.4 Å². The van der Waals surface area contributed by atoms with Crippen molar-refractivity contribution in [2.45, 2.75) is 31.8 Å². The van der Waals surface area contributed by atoms with E-state index in [9.17, 15) is 13.2 Å². The number of ether oxygens (including phenoxy) is 1. The van der Waals surface area contributed by atoms with Gasteiger partial charge in [0.05, 0.1) is 0 Å². The lowest BCUT2D eigenvalue weighted by Gasteiger charge is -2.23. The predicted molar refractivity (Wildman–Crippen MR) is 137 cm³/mol. The van der Waals surface area contributed by atoms with Gasteiger partial charge < -0.3 is 14.4 Å². The molecule has 2 heterocycles. The van der Waals surface area contributed by atoms with Crippen molar-refractivity contribution in [3.63, 3.8) is 0 Å². The minimum atomic E-state index is -4.00. The highest BCUT2D eigenvalue weighted by Crippen LogP contribution is 2.27. The number of sulfonamides is 1. The van der Waals surface area contributed by atoms with Gasteiger partial charge in [-0.3, -0.25) is 0 Å². The maximum atomic E-state index is 13.7. The highest BCUT2D eigenvalue weighted by Gasteiger charge is 2.31. The Labute approximate surface area is 220 Å². The number of aryl methyl sites for hydroxylation is 2. The Balaban J connectivity index is 0.00000380. The Morgan fingerprint density at radius 3 is 2.30 bits per heavy atom. The second-order valence-corrected chi connectivity index (χ2v) is 9.90. The van der Waals surface area contributed by atoms with Crippen molar-refractivity contribution in [2.24, 2.45) is 0 Å². The number of carboxylic acids is 1. The Morgan fingerprint density at radius 2 is 1.68 bits per heavy atom. The lowest BCUT2D eigenvalue weighted by molar-refractivity contribution is -0.139. The summed E-state index contributed by atoms with van der Waals surface area (Å²) in [6.45, 7) is 2.72.